The summed E-state index contributed by atoms with van der Waals surface area (Å²) in [7, 11) is 0. The smallest absolute Gasteiger partial charge is 0.415 e. The minimum Gasteiger partial charge on any atom is -0.478 e. The number of benzene rings is 2. The fourth-order valence-corrected chi connectivity index (χ4v) is 5.27. The van der Waals surface area contributed by atoms with Crippen molar-refractivity contribution in [3.05, 3.63) is 80.9 Å². The van der Waals surface area contributed by atoms with Crippen LogP contribution in [-0.2, 0) is 16.6 Å². The maximum Gasteiger partial charge on any atom is 0.415 e. The van der Waals surface area contributed by atoms with Crippen LogP contribution in [0.4, 0.5) is 24.3 Å². The van der Waals surface area contributed by atoms with Crippen LogP contribution in [0.3, 0.4) is 0 Å². The van der Waals surface area contributed by atoms with Gasteiger partial charge in [-0.3, -0.25) is 15.0 Å². The zero-order valence-corrected chi connectivity index (χ0v) is 20.0. The second-order valence-corrected chi connectivity index (χ2v) is 8.38. The van der Waals surface area contributed by atoms with Crippen LogP contribution in [0.1, 0.15) is 28.4 Å². The molecule has 1 N–H and O–H groups in total. The highest BCUT2D eigenvalue weighted by atomic mass is 79.9. The van der Waals surface area contributed by atoms with Gasteiger partial charge in [-0.15, -0.1) is 11.3 Å². The number of alkyl halides is 1. The summed E-state index contributed by atoms with van der Waals surface area (Å²) in [5.41, 5.74) is -0.0653. The van der Waals surface area contributed by atoms with Gasteiger partial charge in [0, 0.05) is 27.9 Å². The molecule has 0 aliphatic rings. The Labute approximate surface area is 204 Å². The quantitative estimate of drug-likeness (QED) is 0.197. The number of carbonyl (C=O) groups is 2. The highest BCUT2D eigenvalue weighted by Gasteiger charge is 2.32. The van der Waals surface area contributed by atoms with E-state index >= 15 is 0 Å². The second kappa shape index (κ2) is 10.7. The molecule has 3 rings (SSSR count). The van der Waals surface area contributed by atoms with Gasteiger partial charge in [-0.25, -0.2) is 18.4 Å². The van der Waals surface area contributed by atoms with Gasteiger partial charge in [0.25, 0.3) is 5.69 Å². The van der Waals surface area contributed by atoms with Gasteiger partial charge in [0.2, 0.25) is 0 Å². The molecule has 8 nitrogen and oxygen atoms in total. The van der Waals surface area contributed by atoms with Gasteiger partial charge in [-0.1, -0.05) is 22.0 Å². The number of aromatic carboxylic acids is 1. The van der Waals surface area contributed by atoms with Crippen LogP contribution in [0, 0.1) is 21.7 Å². The summed E-state index contributed by atoms with van der Waals surface area (Å²) < 4.78 is 33.8. The molecule has 1 amide bonds. The number of nitro benzene ring substituents is 1. The Balaban J connectivity index is 2.21. The number of hydrogen-bond donors (Lipinski definition) is 1. The first kappa shape index (κ1) is 25.2. The van der Waals surface area contributed by atoms with Crippen LogP contribution in [0.25, 0.3) is 10.4 Å². The minimum absolute atomic E-state index is 0.0522. The summed E-state index contributed by atoms with van der Waals surface area (Å²) in [6.07, 6.45) is -0.981. The van der Waals surface area contributed by atoms with Crippen molar-refractivity contribution in [2.24, 2.45) is 0 Å². The Morgan fingerprint density at radius 3 is 2.26 bits per heavy atom. The Bertz CT molecular complexity index is 1230. The topological polar surface area (TPSA) is 110 Å². The SMILES string of the molecule is CCOC(=O)N(Cc1c(F)cccc1F)c1sc(-c2ccc([N+](=O)[O-])cc2)c(CBr)c1C(=O)O. The van der Waals surface area contributed by atoms with Gasteiger partial charge in [0.05, 0.1) is 23.6 Å². The fourth-order valence-electron chi connectivity index (χ4n) is 3.22. The predicted octanol–water partition coefficient (Wildman–Crippen LogP) is 6.36. The number of carboxylic acids is 1. The Morgan fingerprint density at radius 1 is 1.15 bits per heavy atom. The number of thiophene rings is 1. The van der Waals surface area contributed by atoms with E-state index in [4.69, 9.17) is 4.74 Å². The van der Waals surface area contributed by atoms with Crippen LogP contribution in [0.15, 0.2) is 42.5 Å². The number of amides is 1. The van der Waals surface area contributed by atoms with Crippen LogP contribution in [0.2, 0.25) is 0 Å². The Kier molecular flexibility index (Phi) is 7.94. The maximum absolute atomic E-state index is 14.4. The molecule has 0 saturated heterocycles. The molecule has 1 aromatic heterocycles. The molecule has 0 spiro atoms. The van der Waals surface area contributed by atoms with E-state index in [-0.39, 0.29) is 28.2 Å². The van der Waals surface area contributed by atoms with Crippen molar-refractivity contribution in [2.45, 2.75) is 18.8 Å². The zero-order valence-electron chi connectivity index (χ0n) is 17.6. The summed E-state index contributed by atoms with van der Waals surface area (Å²) in [5.74, 6) is -3.17. The molecule has 0 radical (unpaired) electrons. The summed E-state index contributed by atoms with van der Waals surface area (Å²) in [5, 5.41) is 20.9. The monoisotopic (exact) mass is 554 g/mol. The third kappa shape index (κ3) is 5.07. The number of nitrogens with zero attached hydrogens (tertiary/aromatic N) is 2. The first-order chi connectivity index (χ1) is 16.2. The summed E-state index contributed by atoms with van der Waals surface area (Å²) in [6, 6.07) is 8.68. The van der Waals surface area contributed by atoms with E-state index < -0.39 is 40.7 Å². The number of non-ortho nitro benzene ring substituents is 1. The molecule has 178 valence electrons. The third-order valence-corrected chi connectivity index (χ3v) is 6.65. The third-order valence-electron chi connectivity index (χ3n) is 4.79. The van der Waals surface area contributed by atoms with Gasteiger partial charge >= 0.3 is 12.1 Å². The maximum atomic E-state index is 14.4. The van der Waals surface area contributed by atoms with E-state index in [9.17, 15) is 33.6 Å². The molecule has 1 heterocycles. The number of carboxylic acid groups (broad SMARTS) is 1. The van der Waals surface area contributed by atoms with Crippen molar-refractivity contribution in [3.8, 4) is 10.4 Å². The molecule has 2 aromatic carbocycles. The van der Waals surface area contributed by atoms with Crippen molar-refractivity contribution in [2.75, 3.05) is 11.5 Å². The molecule has 0 bridgehead atoms. The zero-order chi connectivity index (χ0) is 25.0. The molecule has 0 aliphatic heterocycles. The van der Waals surface area contributed by atoms with Gasteiger partial charge in [0.1, 0.15) is 16.6 Å². The molecule has 34 heavy (non-hydrogen) atoms. The molecule has 0 fully saturated rings. The first-order valence-electron chi connectivity index (χ1n) is 9.76. The normalized spacial score (nSPS) is 10.7. The Hall–Kier alpha value is -3.38. The van der Waals surface area contributed by atoms with Crippen LogP contribution >= 0.6 is 27.3 Å². The van der Waals surface area contributed by atoms with E-state index in [1.165, 1.54) is 30.3 Å². The predicted molar refractivity (Wildman–Crippen MR) is 126 cm³/mol. The summed E-state index contributed by atoms with van der Waals surface area (Å²) in [4.78, 5) is 36.7. The van der Waals surface area contributed by atoms with Crippen molar-refractivity contribution in [1.82, 2.24) is 0 Å². The minimum atomic E-state index is -1.36. The lowest BCUT2D eigenvalue weighted by Crippen LogP contribution is -2.32. The molecule has 3 aromatic rings. The number of carbonyl (C=O) groups excluding carboxylic acids is 1. The van der Waals surface area contributed by atoms with E-state index in [0.717, 1.165) is 28.4 Å². The lowest BCUT2D eigenvalue weighted by molar-refractivity contribution is -0.384. The van der Waals surface area contributed by atoms with Crippen molar-refractivity contribution in [1.29, 1.82) is 0 Å². The van der Waals surface area contributed by atoms with Crippen molar-refractivity contribution in [3.63, 3.8) is 0 Å². The highest BCUT2D eigenvalue weighted by molar-refractivity contribution is 9.08. The second-order valence-electron chi connectivity index (χ2n) is 6.82. The van der Waals surface area contributed by atoms with E-state index in [0.29, 0.717) is 16.0 Å². The summed E-state index contributed by atoms with van der Waals surface area (Å²) in [6.45, 7) is 0.876. The number of rotatable bonds is 8. The molecule has 12 heteroatoms. The van der Waals surface area contributed by atoms with Gasteiger partial charge < -0.3 is 9.84 Å². The average Bonchev–Trinajstić information content (AvgIpc) is 3.18. The van der Waals surface area contributed by atoms with E-state index in [1.54, 1.807) is 6.92 Å². The lowest BCUT2D eigenvalue weighted by atomic mass is 10.1. The van der Waals surface area contributed by atoms with Crippen LogP contribution in [0.5, 0.6) is 0 Å². The largest absolute Gasteiger partial charge is 0.478 e. The van der Waals surface area contributed by atoms with Crippen molar-refractivity contribution < 1.29 is 33.1 Å². The van der Waals surface area contributed by atoms with Gasteiger partial charge in [-0.2, -0.15) is 0 Å². The van der Waals surface area contributed by atoms with Gasteiger partial charge in [0.15, 0.2) is 0 Å². The molecule has 0 atom stereocenters. The van der Waals surface area contributed by atoms with Crippen LogP contribution in [-0.4, -0.2) is 28.7 Å². The standard InChI is InChI=1S/C22H17BrF2N2O6S/c1-2-33-22(30)26(11-15-16(24)4-3-5-17(15)25)20-18(21(28)29)14(10-23)19(34-20)12-6-8-13(9-7-12)27(31)32/h3-9H,2,10-11H2,1H3,(H,28,29). The lowest BCUT2D eigenvalue weighted by Gasteiger charge is -2.22. The number of anilines is 1. The number of halogens is 3. The average molecular weight is 555 g/mol. The fraction of sp³-hybridized carbons (Fsp3) is 0.182. The van der Waals surface area contributed by atoms with Crippen molar-refractivity contribution >= 4 is 50.0 Å². The first-order valence-corrected chi connectivity index (χ1v) is 11.7. The number of hydrogen-bond acceptors (Lipinski definition) is 6. The number of nitro groups is 1. The summed E-state index contributed by atoms with van der Waals surface area (Å²) >= 11 is 4.16. The van der Waals surface area contributed by atoms with Gasteiger partial charge in [-0.05, 0) is 42.3 Å². The molecular formula is C22H17BrF2N2O6S. The number of ether oxygens (including phenoxy) is 1. The highest BCUT2D eigenvalue weighted by Crippen LogP contribution is 2.44. The molecule has 0 unspecified atom stereocenters. The molecule has 0 aliphatic carbocycles. The Morgan fingerprint density at radius 2 is 1.76 bits per heavy atom. The van der Waals surface area contributed by atoms with Crippen LogP contribution < -0.4 is 4.90 Å². The van der Waals surface area contributed by atoms with E-state index in [2.05, 4.69) is 15.9 Å². The van der Waals surface area contributed by atoms with E-state index in [1.807, 2.05) is 0 Å². The molecular weight excluding hydrogens is 538 g/mol. The molecule has 0 saturated carbocycles.